The normalized spacial score (nSPS) is 11.7. The average Bonchev–Trinajstić information content (AvgIpc) is 2.51. The average molecular weight is 284 g/mol. The van der Waals surface area contributed by atoms with Crippen LogP contribution in [-0.4, -0.2) is 19.6 Å². The van der Waals surface area contributed by atoms with E-state index in [1.807, 2.05) is 61.5 Å². The first-order valence-electron chi connectivity index (χ1n) is 7.01. The monoisotopic (exact) mass is 284 g/mol. The van der Waals surface area contributed by atoms with Gasteiger partial charge in [0.2, 0.25) is 5.91 Å². The van der Waals surface area contributed by atoms with E-state index in [1.54, 1.807) is 7.05 Å². The fourth-order valence-electron chi connectivity index (χ4n) is 2.15. The number of ether oxygens (including phenoxy) is 1. The molecule has 2 aromatic carbocycles. The lowest BCUT2D eigenvalue weighted by Gasteiger charge is -2.18. The van der Waals surface area contributed by atoms with Crippen LogP contribution < -0.4 is 15.4 Å². The second-order valence-corrected chi connectivity index (χ2v) is 4.55. The van der Waals surface area contributed by atoms with Crippen LogP contribution in [-0.2, 0) is 4.79 Å². The van der Waals surface area contributed by atoms with Crippen LogP contribution >= 0.6 is 0 Å². The molecule has 0 radical (unpaired) electrons. The number of anilines is 1. The molecule has 0 aromatic heterocycles. The van der Waals surface area contributed by atoms with Crippen molar-refractivity contribution in [3.8, 4) is 5.75 Å². The van der Waals surface area contributed by atoms with Gasteiger partial charge in [-0.15, -0.1) is 0 Å². The molecule has 0 saturated heterocycles. The minimum Gasteiger partial charge on any atom is -0.492 e. The summed E-state index contributed by atoms with van der Waals surface area (Å²) < 4.78 is 5.52. The third-order valence-corrected chi connectivity index (χ3v) is 3.13. The maximum absolute atomic E-state index is 12.5. The number of hydrogen-bond acceptors (Lipinski definition) is 3. The van der Waals surface area contributed by atoms with Crippen molar-refractivity contribution in [2.45, 2.75) is 13.0 Å². The molecule has 4 nitrogen and oxygen atoms in total. The number of rotatable bonds is 6. The van der Waals surface area contributed by atoms with Gasteiger partial charge in [-0.25, -0.2) is 0 Å². The van der Waals surface area contributed by atoms with Crippen molar-refractivity contribution < 1.29 is 9.53 Å². The van der Waals surface area contributed by atoms with E-state index in [0.29, 0.717) is 18.0 Å². The van der Waals surface area contributed by atoms with E-state index in [0.717, 1.165) is 5.56 Å². The predicted molar refractivity (Wildman–Crippen MR) is 84.5 cm³/mol. The van der Waals surface area contributed by atoms with E-state index in [4.69, 9.17) is 4.74 Å². The zero-order valence-corrected chi connectivity index (χ0v) is 12.3. The molecule has 0 heterocycles. The van der Waals surface area contributed by atoms with Crippen molar-refractivity contribution in [1.29, 1.82) is 0 Å². The Morgan fingerprint density at radius 3 is 2.43 bits per heavy atom. The fourth-order valence-corrected chi connectivity index (χ4v) is 2.15. The molecular formula is C17H20N2O2. The topological polar surface area (TPSA) is 50.4 Å². The third kappa shape index (κ3) is 3.83. The molecule has 1 amide bonds. The quantitative estimate of drug-likeness (QED) is 0.857. The van der Waals surface area contributed by atoms with Gasteiger partial charge in [0.25, 0.3) is 0 Å². The van der Waals surface area contributed by atoms with Crippen LogP contribution in [0.4, 0.5) is 5.69 Å². The number of amides is 1. The number of hydrogen-bond donors (Lipinski definition) is 2. The molecule has 0 saturated carbocycles. The highest BCUT2D eigenvalue weighted by molar-refractivity contribution is 5.96. The van der Waals surface area contributed by atoms with Gasteiger partial charge in [0.05, 0.1) is 12.3 Å². The fraction of sp³-hybridized carbons (Fsp3) is 0.235. The van der Waals surface area contributed by atoms with Crippen molar-refractivity contribution in [3.63, 3.8) is 0 Å². The summed E-state index contributed by atoms with van der Waals surface area (Å²) in [5.41, 5.74) is 1.60. The second kappa shape index (κ2) is 7.45. The molecule has 0 aliphatic rings. The highest BCUT2D eigenvalue weighted by Crippen LogP contribution is 2.25. The molecule has 1 atom stereocenters. The molecule has 0 fully saturated rings. The molecule has 2 rings (SSSR count). The van der Waals surface area contributed by atoms with Gasteiger partial charge in [-0.3, -0.25) is 4.79 Å². The molecule has 21 heavy (non-hydrogen) atoms. The smallest absolute Gasteiger partial charge is 0.246 e. The largest absolute Gasteiger partial charge is 0.492 e. The number of likely N-dealkylation sites (N-methyl/N-ethyl adjacent to an activating group) is 1. The van der Waals surface area contributed by atoms with Crippen molar-refractivity contribution >= 4 is 11.6 Å². The van der Waals surface area contributed by atoms with E-state index < -0.39 is 6.04 Å². The van der Waals surface area contributed by atoms with Gasteiger partial charge in [-0.1, -0.05) is 42.5 Å². The van der Waals surface area contributed by atoms with E-state index in [1.165, 1.54) is 0 Å². The number of nitrogens with one attached hydrogen (secondary N) is 2. The molecule has 0 spiro atoms. The Morgan fingerprint density at radius 2 is 1.76 bits per heavy atom. The van der Waals surface area contributed by atoms with Gasteiger partial charge in [-0.05, 0) is 31.7 Å². The number of para-hydroxylation sites is 2. The molecule has 110 valence electrons. The first-order valence-corrected chi connectivity index (χ1v) is 7.01. The van der Waals surface area contributed by atoms with E-state index in [9.17, 15) is 4.79 Å². The van der Waals surface area contributed by atoms with Crippen molar-refractivity contribution in [2.75, 3.05) is 19.0 Å². The maximum Gasteiger partial charge on any atom is 0.246 e. The Balaban J connectivity index is 2.17. The van der Waals surface area contributed by atoms with Gasteiger partial charge in [0.15, 0.2) is 0 Å². The number of carbonyl (C=O) groups excluding carboxylic acids is 1. The van der Waals surface area contributed by atoms with Crippen LogP contribution in [0.2, 0.25) is 0 Å². The summed E-state index contributed by atoms with van der Waals surface area (Å²) in [7, 11) is 1.77. The van der Waals surface area contributed by atoms with Crippen LogP contribution in [0.15, 0.2) is 54.6 Å². The zero-order valence-electron chi connectivity index (χ0n) is 12.3. The summed E-state index contributed by atoms with van der Waals surface area (Å²) in [5.74, 6) is 0.562. The summed E-state index contributed by atoms with van der Waals surface area (Å²) in [6.45, 7) is 2.47. The van der Waals surface area contributed by atoms with Gasteiger partial charge >= 0.3 is 0 Å². The van der Waals surface area contributed by atoms with Gasteiger partial charge in [-0.2, -0.15) is 0 Å². The Kier molecular flexibility index (Phi) is 5.35. The van der Waals surface area contributed by atoms with Gasteiger partial charge in [0.1, 0.15) is 11.8 Å². The summed E-state index contributed by atoms with van der Waals surface area (Å²) in [5, 5.41) is 5.96. The van der Waals surface area contributed by atoms with Crippen LogP contribution in [0.1, 0.15) is 18.5 Å². The Morgan fingerprint density at radius 1 is 1.10 bits per heavy atom. The standard InChI is InChI=1S/C17H20N2O2/c1-3-21-15-12-8-7-11-14(15)19-17(20)16(18-2)13-9-5-4-6-10-13/h4-12,16,18H,3H2,1-2H3,(H,19,20)/t16-/m0/s1. The summed E-state index contributed by atoms with van der Waals surface area (Å²) in [4.78, 5) is 12.5. The molecule has 0 unspecified atom stereocenters. The van der Waals surface area contributed by atoms with Crippen molar-refractivity contribution in [1.82, 2.24) is 5.32 Å². The first-order chi connectivity index (χ1) is 10.3. The van der Waals surface area contributed by atoms with Crippen LogP contribution in [0.25, 0.3) is 0 Å². The number of carbonyl (C=O) groups is 1. The molecule has 0 aliphatic heterocycles. The minimum absolute atomic E-state index is 0.115. The van der Waals surface area contributed by atoms with Gasteiger partial charge in [0, 0.05) is 0 Å². The minimum atomic E-state index is -0.402. The van der Waals surface area contributed by atoms with E-state index in [2.05, 4.69) is 10.6 Å². The Hall–Kier alpha value is -2.33. The summed E-state index contributed by atoms with van der Waals surface area (Å²) >= 11 is 0. The van der Waals surface area contributed by atoms with Crippen LogP contribution in [0.5, 0.6) is 5.75 Å². The lowest BCUT2D eigenvalue weighted by atomic mass is 10.1. The number of benzene rings is 2. The predicted octanol–water partition coefficient (Wildman–Crippen LogP) is 2.98. The lowest BCUT2D eigenvalue weighted by molar-refractivity contribution is -0.118. The first kappa shape index (κ1) is 15.1. The summed E-state index contributed by atoms with van der Waals surface area (Å²) in [6.07, 6.45) is 0. The molecule has 0 aliphatic carbocycles. The third-order valence-electron chi connectivity index (χ3n) is 3.13. The second-order valence-electron chi connectivity index (χ2n) is 4.55. The summed E-state index contributed by atoms with van der Waals surface area (Å²) in [6, 6.07) is 16.6. The van der Waals surface area contributed by atoms with E-state index in [-0.39, 0.29) is 5.91 Å². The van der Waals surface area contributed by atoms with E-state index >= 15 is 0 Å². The van der Waals surface area contributed by atoms with Crippen LogP contribution in [0.3, 0.4) is 0 Å². The SMILES string of the molecule is CCOc1ccccc1NC(=O)[C@@H](NC)c1ccccc1. The van der Waals surface area contributed by atoms with Gasteiger partial charge < -0.3 is 15.4 Å². The van der Waals surface area contributed by atoms with Crippen LogP contribution in [0, 0.1) is 0 Å². The molecule has 2 N–H and O–H groups in total. The highest BCUT2D eigenvalue weighted by atomic mass is 16.5. The maximum atomic E-state index is 12.5. The molecule has 2 aromatic rings. The Bertz CT molecular complexity index is 584. The molecular weight excluding hydrogens is 264 g/mol. The zero-order chi connectivity index (χ0) is 15.1. The van der Waals surface area contributed by atoms with Crippen molar-refractivity contribution in [2.24, 2.45) is 0 Å². The Labute approximate surface area is 125 Å². The molecule has 4 heteroatoms. The van der Waals surface area contributed by atoms with Crippen molar-refractivity contribution in [3.05, 3.63) is 60.2 Å². The molecule has 0 bridgehead atoms. The lowest BCUT2D eigenvalue weighted by Crippen LogP contribution is -2.30. The highest BCUT2D eigenvalue weighted by Gasteiger charge is 2.19.